The minimum atomic E-state index is 0.170. The van der Waals surface area contributed by atoms with Crippen LogP contribution in [0.4, 0.5) is 0 Å². The van der Waals surface area contributed by atoms with E-state index in [1.807, 2.05) is 12.1 Å². The summed E-state index contributed by atoms with van der Waals surface area (Å²) < 4.78 is 0. The predicted octanol–water partition coefficient (Wildman–Crippen LogP) is 3.59. The summed E-state index contributed by atoms with van der Waals surface area (Å²) in [6.45, 7) is 0.729. The number of fused-ring (bicyclic) bond motifs is 1. The van der Waals surface area contributed by atoms with Crippen molar-refractivity contribution in [3.8, 4) is 0 Å². The van der Waals surface area contributed by atoms with Crippen LogP contribution < -0.4 is 5.73 Å². The van der Waals surface area contributed by atoms with Crippen molar-refractivity contribution in [2.24, 2.45) is 5.73 Å². The molecule has 0 aliphatic heterocycles. The molecular formula is C14H17ClN2. The summed E-state index contributed by atoms with van der Waals surface area (Å²) in [5.74, 6) is 0. The van der Waals surface area contributed by atoms with Crippen LogP contribution in [-0.2, 0) is 5.41 Å². The lowest BCUT2D eigenvalue weighted by Crippen LogP contribution is -2.31. The van der Waals surface area contributed by atoms with Crippen molar-refractivity contribution in [2.45, 2.75) is 31.1 Å². The first-order chi connectivity index (χ1) is 8.27. The second kappa shape index (κ2) is 4.04. The van der Waals surface area contributed by atoms with Crippen molar-refractivity contribution >= 4 is 22.5 Å². The number of para-hydroxylation sites is 1. The Bertz CT molecular complexity index is 538. The third kappa shape index (κ3) is 1.59. The summed E-state index contributed by atoms with van der Waals surface area (Å²) in [6.07, 6.45) is 7.07. The van der Waals surface area contributed by atoms with Gasteiger partial charge in [0.2, 0.25) is 0 Å². The van der Waals surface area contributed by atoms with Gasteiger partial charge in [0, 0.05) is 23.5 Å². The molecule has 90 valence electrons. The minimum absolute atomic E-state index is 0.170. The second-order valence-corrected chi connectivity index (χ2v) is 5.46. The van der Waals surface area contributed by atoms with E-state index in [-0.39, 0.29) is 5.41 Å². The molecule has 1 aromatic carbocycles. The first-order valence-corrected chi connectivity index (χ1v) is 6.61. The molecule has 2 aromatic rings. The highest BCUT2D eigenvalue weighted by atomic mass is 35.5. The van der Waals surface area contributed by atoms with Gasteiger partial charge in [0.15, 0.2) is 0 Å². The molecule has 3 heteroatoms. The molecule has 0 amide bonds. The molecule has 3 rings (SSSR count). The lowest BCUT2D eigenvalue weighted by molar-refractivity contribution is 0.457. The minimum Gasteiger partial charge on any atom is -0.360 e. The summed E-state index contributed by atoms with van der Waals surface area (Å²) in [4.78, 5) is 3.30. The summed E-state index contributed by atoms with van der Waals surface area (Å²) in [6, 6.07) is 6.08. The van der Waals surface area contributed by atoms with Crippen molar-refractivity contribution in [3.63, 3.8) is 0 Å². The standard InChI is InChI=1S/C14H17ClN2/c15-12-5-3-4-10-11(8-17-13(10)12)14(9-16)6-1-2-7-14/h3-5,8,17H,1-2,6-7,9,16H2. The van der Waals surface area contributed by atoms with Crippen LogP contribution in [0.15, 0.2) is 24.4 Å². The maximum atomic E-state index is 6.20. The molecule has 1 aliphatic carbocycles. The molecule has 2 nitrogen and oxygen atoms in total. The number of rotatable bonds is 2. The molecule has 1 fully saturated rings. The monoisotopic (exact) mass is 248 g/mol. The van der Waals surface area contributed by atoms with Gasteiger partial charge < -0.3 is 10.7 Å². The summed E-state index contributed by atoms with van der Waals surface area (Å²) >= 11 is 6.20. The predicted molar refractivity (Wildman–Crippen MR) is 72.5 cm³/mol. The van der Waals surface area contributed by atoms with Crippen LogP contribution in [0.1, 0.15) is 31.2 Å². The number of benzene rings is 1. The zero-order valence-corrected chi connectivity index (χ0v) is 10.6. The van der Waals surface area contributed by atoms with Crippen molar-refractivity contribution in [3.05, 3.63) is 35.0 Å². The highest BCUT2D eigenvalue weighted by Crippen LogP contribution is 2.43. The Morgan fingerprint density at radius 2 is 2.06 bits per heavy atom. The molecule has 0 saturated heterocycles. The van der Waals surface area contributed by atoms with E-state index in [1.54, 1.807) is 0 Å². The molecular weight excluding hydrogens is 232 g/mol. The normalized spacial score (nSPS) is 18.9. The van der Waals surface area contributed by atoms with Gasteiger partial charge in [0.25, 0.3) is 0 Å². The number of hydrogen-bond acceptors (Lipinski definition) is 1. The first kappa shape index (κ1) is 11.1. The van der Waals surface area contributed by atoms with Crippen LogP contribution >= 0.6 is 11.6 Å². The van der Waals surface area contributed by atoms with E-state index in [2.05, 4.69) is 17.2 Å². The molecule has 0 atom stereocenters. The average molecular weight is 249 g/mol. The van der Waals surface area contributed by atoms with Crippen molar-refractivity contribution < 1.29 is 0 Å². The largest absolute Gasteiger partial charge is 0.360 e. The second-order valence-electron chi connectivity index (χ2n) is 5.06. The number of aromatic nitrogens is 1. The third-order valence-electron chi connectivity index (χ3n) is 4.19. The number of nitrogens with two attached hydrogens (primary N) is 1. The van der Waals surface area contributed by atoms with Gasteiger partial charge in [0.1, 0.15) is 0 Å². The zero-order chi connectivity index (χ0) is 11.9. The van der Waals surface area contributed by atoms with E-state index in [0.717, 1.165) is 17.1 Å². The maximum absolute atomic E-state index is 6.20. The average Bonchev–Trinajstić information content (AvgIpc) is 2.96. The molecule has 3 N–H and O–H groups in total. The summed E-state index contributed by atoms with van der Waals surface area (Å²) in [5.41, 5.74) is 8.61. The van der Waals surface area contributed by atoms with Crippen molar-refractivity contribution in [1.82, 2.24) is 4.98 Å². The van der Waals surface area contributed by atoms with E-state index in [1.165, 1.54) is 36.6 Å². The van der Waals surface area contributed by atoms with Crippen LogP contribution in [0.2, 0.25) is 5.02 Å². The Morgan fingerprint density at radius 3 is 2.76 bits per heavy atom. The van der Waals surface area contributed by atoms with Gasteiger partial charge in [-0.15, -0.1) is 0 Å². The van der Waals surface area contributed by atoms with Gasteiger partial charge in [-0.3, -0.25) is 0 Å². The lowest BCUT2D eigenvalue weighted by atomic mass is 9.79. The Kier molecular flexibility index (Phi) is 2.64. The summed E-state index contributed by atoms with van der Waals surface area (Å²) in [7, 11) is 0. The number of halogens is 1. The number of nitrogens with one attached hydrogen (secondary N) is 1. The fourth-order valence-corrected chi connectivity index (χ4v) is 3.42. The Hall–Kier alpha value is -0.990. The number of hydrogen-bond donors (Lipinski definition) is 2. The molecule has 0 spiro atoms. The molecule has 1 saturated carbocycles. The third-order valence-corrected chi connectivity index (χ3v) is 4.50. The quantitative estimate of drug-likeness (QED) is 0.838. The Labute approximate surface area is 106 Å². The molecule has 1 aromatic heterocycles. The van der Waals surface area contributed by atoms with Gasteiger partial charge in [0.05, 0.1) is 10.5 Å². The Morgan fingerprint density at radius 1 is 1.29 bits per heavy atom. The van der Waals surface area contributed by atoms with Crippen molar-refractivity contribution in [1.29, 1.82) is 0 Å². The van der Waals surface area contributed by atoms with Crippen molar-refractivity contribution in [2.75, 3.05) is 6.54 Å². The maximum Gasteiger partial charge on any atom is 0.0647 e. The van der Waals surface area contributed by atoms with E-state index < -0.39 is 0 Å². The number of H-pyrrole nitrogens is 1. The van der Waals surface area contributed by atoms with Crippen LogP contribution in [0.3, 0.4) is 0 Å². The fraction of sp³-hybridized carbons (Fsp3) is 0.429. The molecule has 0 unspecified atom stereocenters. The van der Waals surface area contributed by atoms with Gasteiger partial charge in [-0.05, 0) is 24.5 Å². The van der Waals surface area contributed by atoms with E-state index in [9.17, 15) is 0 Å². The molecule has 1 aliphatic rings. The topological polar surface area (TPSA) is 41.8 Å². The molecule has 0 radical (unpaired) electrons. The highest BCUT2D eigenvalue weighted by molar-refractivity contribution is 6.35. The zero-order valence-electron chi connectivity index (χ0n) is 9.80. The van der Waals surface area contributed by atoms with Gasteiger partial charge in [-0.25, -0.2) is 0 Å². The van der Waals surface area contributed by atoms with Gasteiger partial charge in [-0.2, -0.15) is 0 Å². The van der Waals surface area contributed by atoms with Crippen LogP contribution in [0.5, 0.6) is 0 Å². The van der Waals surface area contributed by atoms with Crippen LogP contribution in [-0.4, -0.2) is 11.5 Å². The lowest BCUT2D eigenvalue weighted by Gasteiger charge is -2.27. The van der Waals surface area contributed by atoms with E-state index >= 15 is 0 Å². The first-order valence-electron chi connectivity index (χ1n) is 6.23. The highest BCUT2D eigenvalue weighted by Gasteiger charge is 2.36. The molecule has 1 heterocycles. The van der Waals surface area contributed by atoms with Gasteiger partial charge in [-0.1, -0.05) is 36.6 Å². The van der Waals surface area contributed by atoms with Gasteiger partial charge >= 0.3 is 0 Å². The fourth-order valence-electron chi connectivity index (χ4n) is 3.19. The van der Waals surface area contributed by atoms with Crippen LogP contribution in [0.25, 0.3) is 10.9 Å². The summed E-state index contributed by atoms with van der Waals surface area (Å²) in [5, 5.41) is 2.03. The van der Waals surface area contributed by atoms with Crippen LogP contribution in [0, 0.1) is 0 Å². The molecule has 0 bridgehead atoms. The van der Waals surface area contributed by atoms with E-state index in [4.69, 9.17) is 17.3 Å². The number of aromatic amines is 1. The SMILES string of the molecule is NCC1(c2c[nH]c3c(Cl)cccc23)CCCC1. The molecule has 17 heavy (non-hydrogen) atoms. The Balaban J connectivity index is 2.20. The van der Waals surface area contributed by atoms with E-state index in [0.29, 0.717) is 0 Å². The smallest absolute Gasteiger partial charge is 0.0647 e.